The van der Waals surface area contributed by atoms with Crippen LogP contribution in [0.25, 0.3) is 0 Å². The van der Waals surface area contributed by atoms with E-state index in [9.17, 15) is 14.4 Å². The molecule has 136 valence electrons. The number of carboxylic acid groups (broad SMARTS) is 1. The van der Waals surface area contributed by atoms with Gasteiger partial charge in [0.25, 0.3) is 0 Å². The lowest BCUT2D eigenvalue weighted by Gasteiger charge is -2.12. The minimum atomic E-state index is -1.14. The summed E-state index contributed by atoms with van der Waals surface area (Å²) in [6, 6.07) is 5.60. The fourth-order valence-electron chi connectivity index (χ4n) is 1.97. The molecule has 0 unspecified atom stereocenters. The third-order valence-corrected chi connectivity index (χ3v) is 4.58. The molecule has 7 nitrogen and oxygen atoms in total. The molecule has 0 radical (unpaired) electrons. The van der Waals surface area contributed by atoms with E-state index in [2.05, 4.69) is 15.0 Å². The van der Waals surface area contributed by atoms with E-state index in [4.69, 9.17) is 28.3 Å². The summed E-state index contributed by atoms with van der Waals surface area (Å²) in [7, 11) is 1.18. The SMILES string of the molecule is COC(=O)c1c(Cl)cc(Cl)cc1NC(=O)CSc1ncccc1C(=O)O. The number of nitrogens with one attached hydrogen (secondary N) is 1. The number of hydrogen-bond donors (Lipinski definition) is 2. The van der Waals surface area contributed by atoms with E-state index in [0.29, 0.717) is 0 Å². The van der Waals surface area contributed by atoms with Gasteiger partial charge < -0.3 is 15.2 Å². The summed E-state index contributed by atoms with van der Waals surface area (Å²) in [5.41, 5.74) is 0.0618. The first-order chi connectivity index (χ1) is 12.3. The predicted molar refractivity (Wildman–Crippen MR) is 98.4 cm³/mol. The van der Waals surface area contributed by atoms with Gasteiger partial charge in [0, 0.05) is 11.2 Å². The van der Waals surface area contributed by atoms with Crippen LogP contribution in [0.4, 0.5) is 5.69 Å². The van der Waals surface area contributed by atoms with Gasteiger partial charge in [-0.25, -0.2) is 14.6 Å². The number of nitrogens with zero attached hydrogens (tertiary/aromatic N) is 1. The number of hydrogen-bond acceptors (Lipinski definition) is 6. The average Bonchev–Trinajstić information content (AvgIpc) is 2.59. The molecular weight excluding hydrogens is 403 g/mol. The Morgan fingerprint density at radius 2 is 2.04 bits per heavy atom. The van der Waals surface area contributed by atoms with Gasteiger partial charge in [0.15, 0.2) is 0 Å². The number of pyridine rings is 1. The lowest BCUT2D eigenvalue weighted by molar-refractivity contribution is -0.113. The number of methoxy groups -OCH3 is 1. The Kier molecular flexibility index (Phi) is 6.84. The van der Waals surface area contributed by atoms with Gasteiger partial charge >= 0.3 is 11.9 Å². The molecule has 0 spiro atoms. The fraction of sp³-hybridized carbons (Fsp3) is 0.125. The zero-order chi connectivity index (χ0) is 19.3. The largest absolute Gasteiger partial charge is 0.478 e. The van der Waals surface area contributed by atoms with E-state index in [-0.39, 0.29) is 37.6 Å². The molecule has 1 aromatic carbocycles. The third kappa shape index (κ3) is 4.87. The highest BCUT2D eigenvalue weighted by molar-refractivity contribution is 8.00. The van der Waals surface area contributed by atoms with Crippen molar-refractivity contribution >= 4 is 58.5 Å². The van der Waals surface area contributed by atoms with E-state index in [1.807, 2.05) is 0 Å². The first kappa shape index (κ1) is 20.0. The van der Waals surface area contributed by atoms with Crippen LogP contribution in [-0.2, 0) is 9.53 Å². The van der Waals surface area contributed by atoms with E-state index in [1.54, 1.807) is 0 Å². The van der Waals surface area contributed by atoms with Gasteiger partial charge in [-0.1, -0.05) is 35.0 Å². The number of benzene rings is 1. The second-order valence-electron chi connectivity index (χ2n) is 4.80. The molecule has 0 bridgehead atoms. The summed E-state index contributed by atoms with van der Waals surface area (Å²) in [6.07, 6.45) is 1.43. The van der Waals surface area contributed by atoms with Crippen LogP contribution >= 0.6 is 35.0 Å². The molecule has 0 fully saturated rings. The number of aromatic carboxylic acids is 1. The highest BCUT2D eigenvalue weighted by Gasteiger charge is 2.20. The molecular formula is C16H12Cl2N2O5S. The zero-order valence-corrected chi connectivity index (χ0v) is 15.6. The van der Waals surface area contributed by atoms with Gasteiger partial charge in [-0.05, 0) is 24.3 Å². The Morgan fingerprint density at radius 1 is 1.31 bits per heavy atom. The molecule has 10 heteroatoms. The first-order valence-corrected chi connectivity index (χ1v) is 8.76. The topological polar surface area (TPSA) is 106 Å². The number of aromatic nitrogens is 1. The lowest BCUT2D eigenvalue weighted by atomic mass is 10.1. The number of thioether (sulfide) groups is 1. The quantitative estimate of drug-likeness (QED) is 0.549. The summed E-state index contributed by atoms with van der Waals surface area (Å²) < 4.78 is 4.65. The Bertz CT molecular complexity index is 876. The Hall–Kier alpha value is -2.29. The van der Waals surface area contributed by atoms with Crippen molar-refractivity contribution in [2.24, 2.45) is 0 Å². The number of rotatable bonds is 6. The van der Waals surface area contributed by atoms with Crippen molar-refractivity contribution in [1.82, 2.24) is 4.98 Å². The maximum atomic E-state index is 12.2. The van der Waals surface area contributed by atoms with Gasteiger partial charge in [0.1, 0.15) is 10.6 Å². The van der Waals surface area contributed by atoms with Gasteiger partial charge in [-0.3, -0.25) is 4.79 Å². The Balaban J connectivity index is 2.16. The molecule has 0 saturated heterocycles. The molecule has 1 heterocycles. The van der Waals surface area contributed by atoms with Crippen molar-refractivity contribution in [3.63, 3.8) is 0 Å². The molecule has 0 aliphatic carbocycles. The number of ether oxygens (including phenoxy) is 1. The van der Waals surface area contributed by atoms with Crippen LogP contribution in [0, 0.1) is 0 Å². The van der Waals surface area contributed by atoms with E-state index < -0.39 is 17.8 Å². The summed E-state index contributed by atoms with van der Waals surface area (Å²) >= 11 is 12.9. The summed E-state index contributed by atoms with van der Waals surface area (Å²) in [4.78, 5) is 39.2. The third-order valence-electron chi connectivity index (χ3n) is 3.06. The summed E-state index contributed by atoms with van der Waals surface area (Å²) in [5, 5.41) is 12.1. The van der Waals surface area contributed by atoms with Gasteiger partial charge in [0.05, 0.1) is 29.1 Å². The average molecular weight is 415 g/mol. The van der Waals surface area contributed by atoms with Crippen molar-refractivity contribution in [2.75, 3.05) is 18.2 Å². The van der Waals surface area contributed by atoms with E-state index >= 15 is 0 Å². The number of carbonyl (C=O) groups is 3. The maximum absolute atomic E-state index is 12.2. The van der Waals surface area contributed by atoms with E-state index in [1.165, 1.54) is 37.6 Å². The number of halogens is 2. The van der Waals surface area contributed by atoms with E-state index in [0.717, 1.165) is 11.8 Å². The highest BCUT2D eigenvalue weighted by atomic mass is 35.5. The second-order valence-corrected chi connectivity index (χ2v) is 6.61. The van der Waals surface area contributed by atoms with Crippen LogP contribution in [0.2, 0.25) is 10.0 Å². The molecule has 1 amide bonds. The van der Waals surface area contributed by atoms with Crippen molar-refractivity contribution in [1.29, 1.82) is 0 Å². The van der Waals surface area contributed by atoms with Crippen molar-refractivity contribution in [3.8, 4) is 0 Å². The summed E-state index contributed by atoms with van der Waals surface area (Å²) in [5.74, 6) is -2.51. The molecule has 0 atom stereocenters. The Labute approximate surface area is 162 Å². The maximum Gasteiger partial charge on any atom is 0.341 e. The molecule has 0 saturated carbocycles. The van der Waals surface area contributed by atoms with Crippen LogP contribution in [0.3, 0.4) is 0 Å². The van der Waals surface area contributed by atoms with Crippen LogP contribution < -0.4 is 5.32 Å². The number of esters is 1. The minimum Gasteiger partial charge on any atom is -0.478 e. The van der Waals surface area contributed by atoms with Gasteiger partial charge in [0.2, 0.25) is 5.91 Å². The number of carboxylic acids is 1. The zero-order valence-electron chi connectivity index (χ0n) is 13.3. The molecule has 2 rings (SSSR count). The molecule has 0 aliphatic rings. The summed E-state index contributed by atoms with van der Waals surface area (Å²) in [6.45, 7) is 0. The monoisotopic (exact) mass is 414 g/mol. The molecule has 1 aromatic heterocycles. The lowest BCUT2D eigenvalue weighted by Crippen LogP contribution is -2.18. The molecule has 26 heavy (non-hydrogen) atoms. The number of anilines is 1. The van der Waals surface area contributed by atoms with Gasteiger partial charge in [-0.15, -0.1) is 0 Å². The van der Waals surface area contributed by atoms with Crippen molar-refractivity contribution in [2.45, 2.75) is 5.03 Å². The van der Waals surface area contributed by atoms with Crippen LogP contribution in [0.1, 0.15) is 20.7 Å². The highest BCUT2D eigenvalue weighted by Crippen LogP contribution is 2.30. The van der Waals surface area contributed by atoms with Crippen LogP contribution in [0.15, 0.2) is 35.5 Å². The van der Waals surface area contributed by atoms with Crippen LogP contribution in [0.5, 0.6) is 0 Å². The van der Waals surface area contributed by atoms with Crippen molar-refractivity contribution in [3.05, 3.63) is 51.6 Å². The fourth-order valence-corrected chi connectivity index (χ4v) is 3.33. The molecule has 0 aliphatic heterocycles. The van der Waals surface area contributed by atoms with Gasteiger partial charge in [-0.2, -0.15) is 0 Å². The number of carbonyl (C=O) groups excluding carboxylic acids is 2. The molecule has 2 aromatic rings. The van der Waals surface area contributed by atoms with Crippen molar-refractivity contribution < 1.29 is 24.2 Å². The van der Waals surface area contributed by atoms with Crippen LogP contribution in [-0.4, -0.2) is 40.8 Å². The smallest absolute Gasteiger partial charge is 0.341 e. The first-order valence-electron chi connectivity index (χ1n) is 7.01. The predicted octanol–water partition coefficient (Wildman–Crippen LogP) is 3.60. The normalized spacial score (nSPS) is 10.3. The standard InChI is InChI=1S/C16H12Cl2N2O5S/c1-25-16(24)13-10(18)5-8(17)6-11(13)20-12(21)7-26-14-9(15(22)23)3-2-4-19-14/h2-6H,7H2,1H3,(H,20,21)(H,22,23). The minimum absolute atomic E-state index is 0.00801. The number of amides is 1. The Morgan fingerprint density at radius 3 is 2.69 bits per heavy atom. The molecule has 2 N–H and O–H groups in total. The second kappa shape index (κ2) is 8.88.